The number of rotatable bonds is 18. The molecule has 6 fully saturated rings. The third kappa shape index (κ3) is 14.8. The molecule has 16 N–H and O–H groups in total. The van der Waals surface area contributed by atoms with Gasteiger partial charge in [0.15, 0.2) is 25.2 Å². The lowest BCUT2D eigenvalue weighted by Gasteiger charge is -2.50. The minimum Gasteiger partial charge on any atom is -0.394 e. The summed E-state index contributed by atoms with van der Waals surface area (Å²) in [5, 5.41) is 154. The Morgan fingerprint density at radius 3 is 1.39 bits per heavy atom. The Bertz CT molecular complexity index is 1700. The second-order valence-corrected chi connectivity index (χ2v) is 19.7. The van der Waals surface area contributed by atoms with Gasteiger partial charge in [-0.2, -0.15) is 0 Å². The van der Waals surface area contributed by atoms with Crippen molar-refractivity contribution >= 4 is 33.5 Å². The molecule has 0 bridgehead atoms. The molecule has 412 valence electrons. The van der Waals surface area contributed by atoms with Gasteiger partial charge < -0.3 is 125 Å². The van der Waals surface area contributed by atoms with Gasteiger partial charge in [-0.05, 0) is 18.3 Å². The fraction of sp³-hybridized carbons (Fsp3) is 0.929. The topological polar surface area (TPSA) is 442 Å². The number of ether oxygens (including phenoxy) is 9. The first-order valence-corrected chi connectivity index (χ1v) is 24.3. The molecule has 6 aliphatic rings. The van der Waals surface area contributed by atoms with E-state index in [2.05, 4.69) is 40.4 Å². The van der Waals surface area contributed by atoms with E-state index in [9.17, 15) is 85.9 Å². The maximum atomic E-state index is 12.6. The van der Waals surface area contributed by atoms with Gasteiger partial charge >= 0.3 is 0 Å². The highest BCUT2D eigenvalue weighted by atomic mass is 79.9. The van der Waals surface area contributed by atoms with Gasteiger partial charge in [-0.3, -0.25) is 14.4 Å². The van der Waals surface area contributed by atoms with Crippen molar-refractivity contribution in [3.63, 3.8) is 0 Å². The van der Waals surface area contributed by atoms with Crippen LogP contribution in [0.3, 0.4) is 0 Å². The van der Waals surface area contributed by atoms with Gasteiger partial charge in [-0.1, -0.05) is 29.8 Å². The summed E-state index contributed by atoms with van der Waals surface area (Å²) in [6.45, 7) is 2.38. The fourth-order valence-corrected chi connectivity index (χ4v) is 8.78. The SMILES string of the molecule is CC(=O)NC1[C@H](O[C@@H]2C(CO)O[C@@H](CC(=O)CBr)C(NC(C)=O)[C@H]2O)OC(CO)[C@@H](O[C@@H]2OC(CO[C@H]3OC(CO)[C@@H](O)[C@H](O)C3O)[C@@H](O)[C@H](O[C@H]3OC(CO)[C@@H](O)C(O)C3O)C2O)[C@@H]1O.CC1(C)CC1. The second-order valence-electron chi connectivity index (χ2n) is 19.1. The van der Waals surface area contributed by atoms with Crippen LogP contribution in [0.25, 0.3) is 0 Å². The average molecular weight is 1100 g/mol. The van der Waals surface area contributed by atoms with Crippen molar-refractivity contribution in [2.75, 3.05) is 38.4 Å². The Balaban J connectivity index is 0.00000176. The van der Waals surface area contributed by atoms with Gasteiger partial charge in [-0.25, -0.2) is 0 Å². The molecule has 29 heteroatoms. The number of nitrogens with one attached hydrogen (secondary N) is 2. The first-order chi connectivity index (χ1) is 33.4. The van der Waals surface area contributed by atoms with Crippen molar-refractivity contribution in [1.82, 2.24) is 10.6 Å². The number of aliphatic hydroxyl groups excluding tert-OH is 14. The van der Waals surface area contributed by atoms with Gasteiger partial charge in [0.05, 0.1) is 50.5 Å². The lowest BCUT2D eigenvalue weighted by atomic mass is 9.89. The first kappa shape index (κ1) is 60.0. The van der Waals surface area contributed by atoms with Crippen molar-refractivity contribution in [3.8, 4) is 0 Å². The number of amides is 2. The van der Waals surface area contributed by atoms with Gasteiger partial charge in [0.25, 0.3) is 0 Å². The summed E-state index contributed by atoms with van der Waals surface area (Å²) < 4.78 is 51.8. The molecule has 0 spiro atoms. The molecule has 0 aromatic heterocycles. The highest BCUT2D eigenvalue weighted by molar-refractivity contribution is 9.09. The summed E-state index contributed by atoms with van der Waals surface area (Å²) in [5.41, 5.74) is 0.750. The maximum absolute atomic E-state index is 12.6. The molecular formula is C42H71BrN2O26. The number of aliphatic hydroxyl groups is 14. The van der Waals surface area contributed by atoms with Crippen LogP contribution in [0, 0.1) is 5.41 Å². The zero-order chi connectivity index (χ0) is 52.8. The second kappa shape index (κ2) is 26.3. The predicted octanol–water partition coefficient (Wildman–Crippen LogP) is -8.43. The molecule has 2 amide bonds. The van der Waals surface area contributed by atoms with Crippen LogP contribution < -0.4 is 10.6 Å². The van der Waals surface area contributed by atoms with E-state index >= 15 is 0 Å². The average Bonchev–Trinajstić information content (AvgIpc) is 4.04. The quantitative estimate of drug-likeness (QED) is 0.0567. The summed E-state index contributed by atoms with van der Waals surface area (Å²) in [6, 6.07) is -2.99. The molecule has 1 saturated carbocycles. The third-order valence-electron chi connectivity index (χ3n) is 13.1. The molecule has 25 atom stereocenters. The van der Waals surface area contributed by atoms with E-state index in [-0.39, 0.29) is 17.5 Å². The van der Waals surface area contributed by atoms with Gasteiger partial charge in [0.2, 0.25) is 11.8 Å². The molecule has 5 saturated heterocycles. The van der Waals surface area contributed by atoms with E-state index in [1.165, 1.54) is 12.8 Å². The molecule has 0 aromatic rings. The first-order valence-electron chi connectivity index (χ1n) is 23.1. The van der Waals surface area contributed by atoms with Crippen molar-refractivity contribution in [1.29, 1.82) is 0 Å². The molecule has 0 radical (unpaired) electrons. The largest absolute Gasteiger partial charge is 0.394 e. The molecule has 5 aliphatic heterocycles. The summed E-state index contributed by atoms with van der Waals surface area (Å²) in [4.78, 5) is 37.1. The molecule has 71 heavy (non-hydrogen) atoms. The molecule has 1 aliphatic carbocycles. The summed E-state index contributed by atoms with van der Waals surface area (Å²) >= 11 is 3.04. The molecule has 28 nitrogen and oxygen atoms in total. The molecule has 11 unspecified atom stereocenters. The fourth-order valence-electron chi connectivity index (χ4n) is 8.55. The van der Waals surface area contributed by atoms with Crippen molar-refractivity contribution in [2.45, 2.75) is 200 Å². The smallest absolute Gasteiger partial charge is 0.217 e. The van der Waals surface area contributed by atoms with E-state index in [0.29, 0.717) is 0 Å². The van der Waals surface area contributed by atoms with E-state index in [1.807, 2.05) is 0 Å². The zero-order valence-corrected chi connectivity index (χ0v) is 40.9. The lowest BCUT2D eigenvalue weighted by Crippen LogP contribution is -2.70. The summed E-state index contributed by atoms with van der Waals surface area (Å²) in [6.07, 6.45) is -38.9. The molecule has 0 aromatic carbocycles. The third-order valence-corrected chi connectivity index (χ3v) is 13.7. The summed E-state index contributed by atoms with van der Waals surface area (Å²) in [5.74, 6) is -1.80. The molecule has 6 rings (SSSR count). The minimum atomic E-state index is -2.19. The Kier molecular flexibility index (Phi) is 22.2. The van der Waals surface area contributed by atoms with Gasteiger partial charge in [0.1, 0.15) is 122 Å². The van der Waals surface area contributed by atoms with Gasteiger partial charge in [0, 0.05) is 20.3 Å². The monoisotopic (exact) mass is 1100 g/mol. The van der Waals surface area contributed by atoms with Crippen LogP contribution in [0.4, 0.5) is 0 Å². The molecule has 5 heterocycles. The Labute approximate surface area is 415 Å². The number of ketones is 1. The standard InChI is InChI=1S/C37H61BrN2O26.C5H10/c1-10(45)39-19-13(3-12(47)4-38)59-16(7-43)31(24(19)51)64-34-20(40-11(2)46)25(52)32(17(8-44)62-34)65-37-30(57)33(66-36-29(56)27(54)22(49)15(6-42)61-36)23(50)18(63-37)9-58-35-28(55)26(53)21(48)14(5-41)60-35;1-5(2)3-4-5/h13-37,41-44,48-57H,3-9H2,1-2H3,(H,39,45)(H,40,46);3-4H2,1-2H3/t13-,14?,15?,16?,17?,18?,19?,20?,21+,22+,23+,24+,25+,26-,27?,28?,29?,30?,31+,32+,33-,34-,35-,36+,37-;/m0./s1. The Morgan fingerprint density at radius 2 is 0.901 bits per heavy atom. The van der Waals surface area contributed by atoms with Crippen LogP contribution in [0.5, 0.6) is 0 Å². The number of hydrogen-bond acceptors (Lipinski definition) is 26. The van der Waals surface area contributed by atoms with Crippen LogP contribution in [0.2, 0.25) is 0 Å². The maximum Gasteiger partial charge on any atom is 0.217 e. The highest BCUT2D eigenvalue weighted by Gasteiger charge is 2.56. The minimum absolute atomic E-state index is 0.0938. The lowest BCUT2D eigenvalue weighted by molar-refractivity contribution is -0.383. The van der Waals surface area contributed by atoms with E-state index < -0.39 is 198 Å². The van der Waals surface area contributed by atoms with E-state index in [0.717, 1.165) is 19.3 Å². The zero-order valence-electron chi connectivity index (χ0n) is 39.3. The Morgan fingerprint density at radius 1 is 0.493 bits per heavy atom. The Hall–Kier alpha value is -1.83. The normalized spacial score (nSPS) is 45.5. The number of carbonyl (C=O) groups is 3. The summed E-state index contributed by atoms with van der Waals surface area (Å²) in [7, 11) is 0. The van der Waals surface area contributed by atoms with Gasteiger partial charge in [-0.15, -0.1) is 0 Å². The van der Waals surface area contributed by atoms with Crippen LogP contribution in [0.15, 0.2) is 0 Å². The van der Waals surface area contributed by atoms with Crippen molar-refractivity contribution in [2.24, 2.45) is 5.41 Å². The van der Waals surface area contributed by atoms with E-state index in [1.54, 1.807) is 0 Å². The van der Waals surface area contributed by atoms with Crippen LogP contribution in [0.1, 0.15) is 47.0 Å². The number of carbonyl (C=O) groups excluding carboxylic acids is 3. The highest BCUT2D eigenvalue weighted by Crippen LogP contribution is 2.43. The number of hydrogen-bond donors (Lipinski definition) is 16. The van der Waals surface area contributed by atoms with E-state index in [4.69, 9.17) is 42.6 Å². The van der Waals surface area contributed by atoms with Crippen LogP contribution >= 0.6 is 15.9 Å². The van der Waals surface area contributed by atoms with Crippen molar-refractivity contribution < 1.29 is 129 Å². The van der Waals surface area contributed by atoms with Crippen LogP contribution in [-0.2, 0) is 57.0 Å². The predicted molar refractivity (Wildman–Crippen MR) is 234 cm³/mol. The van der Waals surface area contributed by atoms with Crippen LogP contribution in [-0.4, -0.2) is 281 Å². The van der Waals surface area contributed by atoms with Crippen molar-refractivity contribution in [3.05, 3.63) is 0 Å². The number of alkyl halides is 1. The molecular weight excluding hydrogens is 1030 g/mol. The number of Topliss-reactive ketones (excluding diaryl/α,β-unsaturated/α-hetero) is 1. The number of halogens is 1.